The van der Waals surface area contributed by atoms with Crippen LogP contribution >= 0.6 is 0 Å². The fraction of sp³-hybridized carbons (Fsp3) is 0.500. The van der Waals surface area contributed by atoms with E-state index < -0.39 is 0 Å². The molecular weight excluding hydrogens is 232 g/mol. The lowest BCUT2D eigenvalue weighted by molar-refractivity contribution is -0.134. The summed E-state index contributed by atoms with van der Waals surface area (Å²) in [5.74, 6) is 0.659. The van der Waals surface area contributed by atoms with Crippen LogP contribution in [0.25, 0.3) is 0 Å². The number of hydrogen-bond donors (Lipinski definition) is 0. The van der Waals surface area contributed by atoms with Crippen molar-refractivity contribution in [2.24, 2.45) is 0 Å². The monoisotopic (exact) mass is 256 g/mol. The fourth-order valence-electron chi connectivity index (χ4n) is 0.978. The van der Waals surface area contributed by atoms with E-state index in [4.69, 9.17) is 9.47 Å². The van der Waals surface area contributed by atoms with Gasteiger partial charge in [-0.25, -0.2) is 0 Å². The van der Waals surface area contributed by atoms with Gasteiger partial charge in [0.25, 0.3) is 6.47 Å². The molecule has 1 rings (SSSR count). The molecule has 0 atom stereocenters. The van der Waals surface area contributed by atoms with Gasteiger partial charge in [-0.3, -0.25) is 4.79 Å². The molecular formula is C14H24O4. The second kappa shape index (κ2) is 15.4. The van der Waals surface area contributed by atoms with E-state index in [9.17, 15) is 4.79 Å². The van der Waals surface area contributed by atoms with E-state index in [0.29, 0.717) is 18.8 Å². The molecule has 0 fully saturated rings. The Kier molecular flexibility index (Phi) is 16.1. The van der Waals surface area contributed by atoms with E-state index in [1.165, 1.54) is 0 Å². The molecule has 0 spiro atoms. The quantitative estimate of drug-likeness (QED) is 0.444. The van der Waals surface area contributed by atoms with Crippen LogP contribution in [0.15, 0.2) is 24.3 Å². The maximum Gasteiger partial charge on any atom is 0.295 e. The minimum Gasteiger partial charge on any atom is -0.457 e. The average Bonchev–Trinajstić information content (AvgIpc) is 2.46. The Morgan fingerprint density at radius 3 is 2.06 bits per heavy atom. The molecule has 4 heteroatoms. The van der Waals surface area contributed by atoms with Crippen LogP contribution in [-0.2, 0) is 20.9 Å². The van der Waals surface area contributed by atoms with E-state index in [-0.39, 0.29) is 6.79 Å². The average molecular weight is 256 g/mol. The van der Waals surface area contributed by atoms with Gasteiger partial charge in [0.1, 0.15) is 5.75 Å². The summed E-state index contributed by atoms with van der Waals surface area (Å²) in [5, 5.41) is 0. The zero-order valence-electron chi connectivity index (χ0n) is 11.9. The number of methoxy groups -OCH3 is 1. The summed E-state index contributed by atoms with van der Waals surface area (Å²) in [4.78, 5) is 9.82. The van der Waals surface area contributed by atoms with Crippen molar-refractivity contribution in [3.8, 4) is 5.75 Å². The van der Waals surface area contributed by atoms with Gasteiger partial charge in [-0.15, -0.1) is 0 Å². The van der Waals surface area contributed by atoms with Crippen LogP contribution in [-0.4, -0.2) is 20.4 Å². The molecule has 0 heterocycles. The van der Waals surface area contributed by atoms with E-state index in [1.807, 2.05) is 39.8 Å². The summed E-state index contributed by atoms with van der Waals surface area (Å²) in [6.45, 7) is 8.86. The first-order chi connectivity index (χ1) is 8.86. The van der Waals surface area contributed by atoms with Gasteiger partial charge in [-0.2, -0.15) is 0 Å². The summed E-state index contributed by atoms with van der Waals surface area (Å²) < 4.78 is 14.4. The molecule has 4 nitrogen and oxygen atoms in total. The third-order valence-corrected chi connectivity index (χ3v) is 1.60. The predicted molar refractivity (Wildman–Crippen MR) is 72.5 cm³/mol. The molecule has 0 bridgehead atoms. The zero-order chi connectivity index (χ0) is 14.2. The molecule has 0 aliphatic heterocycles. The lowest BCUT2D eigenvalue weighted by atomic mass is 10.2. The predicted octanol–water partition coefficient (Wildman–Crippen LogP) is 3.39. The van der Waals surface area contributed by atoms with Crippen molar-refractivity contribution in [2.45, 2.75) is 34.3 Å². The molecule has 1 aromatic carbocycles. The second-order valence-electron chi connectivity index (χ2n) is 2.60. The number of ether oxygens (including phenoxy) is 3. The Morgan fingerprint density at radius 2 is 1.61 bits per heavy atom. The van der Waals surface area contributed by atoms with Crippen LogP contribution < -0.4 is 4.74 Å². The normalized spacial score (nSPS) is 8.06. The molecule has 0 aliphatic rings. The highest BCUT2D eigenvalue weighted by molar-refractivity contribution is 5.36. The van der Waals surface area contributed by atoms with Crippen molar-refractivity contribution in [1.29, 1.82) is 0 Å². The van der Waals surface area contributed by atoms with Gasteiger partial charge in [0, 0.05) is 7.11 Å². The molecule has 0 amide bonds. The third-order valence-electron chi connectivity index (χ3n) is 1.60. The number of rotatable bonds is 6. The number of carbonyl (C=O) groups excluding carboxylic acids is 1. The summed E-state index contributed by atoms with van der Waals surface area (Å²) in [5.41, 5.74) is 1.07. The van der Waals surface area contributed by atoms with Crippen LogP contribution in [0.4, 0.5) is 0 Å². The summed E-state index contributed by atoms with van der Waals surface area (Å²) >= 11 is 0. The van der Waals surface area contributed by atoms with Crippen molar-refractivity contribution in [3.05, 3.63) is 29.8 Å². The molecule has 18 heavy (non-hydrogen) atoms. The largest absolute Gasteiger partial charge is 0.457 e. The van der Waals surface area contributed by atoms with Crippen molar-refractivity contribution in [1.82, 2.24) is 0 Å². The lowest BCUT2D eigenvalue weighted by Gasteiger charge is -2.05. The first kappa shape index (κ1) is 18.8. The van der Waals surface area contributed by atoms with Crippen molar-refractivity contribution < 1.29 is 19.0 Å². The Hall–Kier alpha value is -1.55. The molecule has 104 valence electrons. The highest BCUT2D eigenvalue weighted by Gasteiger charge is 1.94. The van der Waals surface area contributed by atoms with Gasteiger partial charge in [0.05, 0.1) is 6.61 Å². The number of carbonyl (C=O) groups is 1. The topological polar surface area (TPSA) is 44.8 Å². The Morgan fingerprint density at radius 1 is 1.06 bits per heavy atom. The smallest absolute Gasteiger partial charge is 0.295 e. The molecule has 0 N–H and O–H groups in total. The standard InChI is InChI=1S/C10H12O4.2C2H6/c1-12-6-9-2-4-10(5-3-9)14-8-13-7-11;2*1-2/h2-5,7H,6,8H2,1H3;2*1-2H3. The van der Waals surface area contributed by atoms with Crippen molar-refractivity contribution in [3.63, 3.8) is 0 Å². The maximum absolute atomic E-state index is 9.82. The Labute approximate surface area is 110 Å². The van der Waals surface area contributed by atoms with E-state index >= 15 is 0 Å². The molecule has 0 aliphatic carbocycles. The van der Waals surface area contributed by atoms with Gasteiger partial charge >= 0.3 is 0 Å². The van der Waals surface area contributed by atoms with Crippen LogP contribution in [0.2, 0.25) is 0 Å². The fourth-order valence-corrected chi connectivity index (χ4v) is 0.978. The van der Waals surface area contributed by atoms with Crippen LogP contribution in [0.1, 0.15) is 33.3 Å². The summed E-state index contributed by atoms with van der Waals surface area (Å²) in [7, 11) is 1.64. The highest BCUT2D eigenvalue weighted by atomic mass is 16.7. The Balaban J connectivity index is 0. The van der Waals surface area contributed by atoms with Crippen molar-refractivity contribution in [2.75, 3.05) is 13.9 Å². The number of benzene rings is 1. The first-order valence-corrected chi connectivity index (χ1v) is 6.12. The Bertz CT molecular complexity index is 270. The van der Waals surface area contributed by atoms with Crippen LogP contribution in [0.5, 0.6) is 5.75 Å². The van der Waals surface area contributed by atoms with E-state index in [0.717, 1.165) is 5.56 Å². The molecule has 1 aromatic rings. The molecule has 0 saturated heterocycles. The first-order valence-electron chi connectivity index (χ1n) is 6.12. The van der Waals surface area contributed by atoms with Gasteiger partial charge < -0.3 is 14.2 Å². The number of hydrogen-bond acceptors (Lipinski definition) is 4. The van der Waals surface area contributed by atoms with Crippen LogP contribution in [0.3, 0.4) is 0 Å². The lowest BCUT2D eigenvalue weighted by Crippen LogP contribution is -2.00. The van der Waals surface area contributed by atoms with Crippen LogP contribution in [0, 0.1) is 0 Å². The minimum atomic E-state index is -0.0624. The summed E-state index contributed by atoms with van der Waals surface area (Å²) in [6.07, 6.45) is 0. The SMILES string of the molecule is CC.CC.COCc1ccc(OCOC=O)cc1. The summed E-state index contributed by atoms with van der Waals surface area (Å²) in [6, 6.07) is 7.37. The molecule has 0 radical (unpaired) electrons. The third kappa shape index (κ3) is 9.66. The second-order valence-corrected chi connectivity index (χ2v) is 2.60. The van der Waals surface area contributed by atoms with Gasteiger partial charge in [-0.05, 0) is 17.7 Å². The zero-order valence-corrected chi connectivity index (χ0v) is 11.9. The molecule has 0 saturated carbocycles. The minimum absolute atomic E-state index is 0.0624. The van der Waals surface area contributed by atoms with E-state index in [1.54, 1.807) is 19.2 Å². The van der Waals surface area contributed by atoms with Gasteiger partial charge in [0.15, 0.2) is 0 Å². The highest BCUT2D eigenvalue weighted by Crippen LogP contribution is 2.12. The van der Waals surface area contributed by atoms with Gasteiger partial charge in [-0.1, -0.05) is 39.8 Å². The van der Waals surface area contributed by atoms with E-state index in [2.05, 4.69) is 4.74 Å². The molecule has 0 unspecified atom stereocenters. The van der Waals surface area contributed by atoms with Gasteiger partial charge in [0.2, 0.25) is 6.79 Å². The van der Waals surface area contributed by atoms with Crippen molar-refractivity contribution >= 4 is 6.47 Å². The molecule has 0 aromatic heterocycles. The maximum atomic E-state index is 9.82.